The average molecular weight is 356 g/mol. The van der Waals surface area contributed by atoms with Crippen LogP contribution in [-0.2, 0) is 4.74 Å². The second kappa shape index (κ2) is 6.11. The first kappa shape index (κ1) is 17.4. The zero-order valence-electron chi connectivity index (χ0n) is 13.6. The summed E-state index contributed by atoms with van der Waals surface area (Å²) in [6.07, 6.45) is 1.94. The molecule has 24 heavy (non-hydrogen) atoms. The molecule has 1 aliphatic rings. The maximum atomic E-state index is 14.3. The van der Waals surface area contributed by atoms with Crippen LogP contribution in [0.2, 0.25) is 0 Å². The Hall–Kier alpha value is -1.47. The maximum Gasteiger partial charge on any atom is 0.293 e. The van der Waals surface area contributed by atoms with Crippen molar-refractivity contribution in [2.24, 2.45) is 0 Å². The van der Waals surface area contributed by atoms with Crippen molar-refractivity contribution in [3.05, 3.63) is 18.3 Å². The van der Waals surface area contributed by atoms with Crippen LogP contribution in [0.25, 0.3) is 11.2 Å². The molecule has 2 aromatic heterocycles. The Balaban J connectivity index is 1.92. The highest BCUT2D eigenvalue weighted by Gasteiger charge is 2.45. The molecule has 2 aromatic rings. The molecule has 2 unspecified atom stereocenters. The van der Waals surface area contributed by atoms with Gasteiger partial charge in [0.2, 0.25) is 0 Å². The van der Waals surface area contributed by atoms with Crippen LogP contribution >= 0.6 is 6.89 Å². The van der Waals surface area contributed by atoms with E-state index in [1.54, 1.807) is 0 Å². The molecule has 0 saturated carbocycles. The summed E-state index contributed by atoms with van der Waals surface area (Å²) in [6, 6.07) is 1.52. The normalized spacial score (nSPS) is 27.9. The lowest BCUT2D eigenvalue weighted by molar-refractivity contribution is -0.0412. The number of hydrogen-bond acceptors (Lipinski definition) is 6. The highest BCUT2D eigenvalue weighted by Crippen LogP contribution is 2.40. The summed E-state index contributed by atoms with van der Waals surface area (Å²) < 4.78 is 21.1. The Morgan fingerprint density at radius 2 is 2.12 bits per heavy atom. The second-order valence-electron chi connectivity index (χ2n) is 6.82. The van der Waals surface area contributed by atoms with Gasteiger partial charge in [-0.25, -0.2) is 4.98 Å². The molecule has 4 N–H and O–H groups in total. The van der Waals surface area contributed by atoms with Crippen LogP contribution in [0.1, 0.15) is 12.6 Å². The Morgan fingerprint density at radius 3 is 2.79 bits per heavy atom. The van der Waals surface area contributed by atoms with Gasteiger partial charge in [-0.2, -0.15) is 9.37 Å². The molecular weight excluding hydrogens is 334 g/mol. The van der Waals surface area contributed by atoms with Gasteiger partial charge in [0, 0.05) is 6.20 Å². The molecule has 1 saturated heterocycles. The number of nitrogens with two attached hydrogens (primary N) is 1. The number of aromatic nitrogens is 3. The van der Waals surface area contributed by atoms with Gasteiger partial charge in [-0.3, -0.25) is 4.57 Å². The number of aliphatic hydroxyl groups is 2. The molecule has 3 rings (SSSR count). The fraction of sp³-hybridized carbons (Fsp3) is 0.533. The first-order valence-electron chi connectivity index (χ1n) is 7.66. The molecule has 3 heterocycles. The van der Waals surface area contributed by atoms with Gasteiger partial charge in [0.1, 0.15) is 17.7 Å². The Bertz CT molecular complexity index is 805. The molecule has 4 atom stereocenters. The quantitative estimate of drug-likeness (QED) is 0.702. The number of nitrogens with zero attached hydrogens (tertiary/aromatic N) is 3. The van der Waals surface area contributed by atoms with E-state index in [-0.39, 0.29) is 16.9 Å². The molecule has 9 heteroatoms. The van der Waals surface area contributed by atoms with E-state index < -0.39 is 37.5 Å². The van der Waals surface area contributed by atoms with E-state index in [0.717, 1.165) is 10.7 Å². The van der Waals surface area contributed by atoms with Crippen LogP contribution in [-0.4, -0.2) is 68.9 Å². The first-order valence-corrected chi connectivity index (χ1v) is 10.7. The molecule has 0 amide bonds. The molecular formula is C15H22FN4O3P. The summed E-state index contributed by atoms with van der Waals surface area (Å²) in [5.74, 6) is 0. The zero-order chi connectivity index (χ0) is 17.6. The fourth-order valence-corrected chi connectivity index (χ4v) is 3.82. The second-order valence-corrected chi connectivity index (χ2v) is 11.1. The van der Waals surface area contributed by atoms with Crippen LogP contribution in [0.4, 0.5) is 10.1 Å². The monoisotopic (exact) mass is 356 g/mol. The van der Waals surface area contributed by atoms with E-state index in [1.807, 2.05) is 0 Å². The SMILES string of the molecule is C=P(C)(C)CCC1OC(n2c(F)nc3c(N)ccnc32)[C@H](O)[C@@H]1O. The van der Waals surface area contributed by atoms with E-state index >= 15 is 0 Å². The van der Waals surface area contributed by atoms with Gasteiger partial charge in [0.05, 0.1) is 11.8 Å². The van der Waals surface area contributed by atoms with Gasteiger partial charge in [0.15, 0.2) is 11.9 Å². The number of halogens is 1. The molecule has 0 spiro atoms. The predicted molar refractivity (Wildman–Crippen MR) is 93.2 cm³/mol. The van der Waals surface area contributed by atoms with E-state index in [0.29, 0.717) is 6.42 Å². The summed E-state index contributed by atoms with van der Waals surface area (Å²) in [5, 5.41) is 20.6. The number of nitrogen functional groups attached to an aromatic ring is 1. The van der Waals surface area contributed by atoms with E-state index in [2.05, 4.69) is 29.6 Å². The standard InChI is InChI=1S/C15H22FN4O3P/c1-24(2,3)7-5-9-11(21)12(22)14(23-9)20-13-10(19-15(20)16)8(17)4-6-18-13/h4,6,9,11-12,14,21-22H,1,5,7H2,2-3H3,(H2,17,18)/t9?,11-,12-,14?/m1/s1. The van der Waals surface area contributed by atoms with Crippen molar-refractivity contribution in [3.63, 3.8) is 0 Å². The summed E-state index contributed by atoms with van der Waals surface area (Å²) in [7, 11) is 0. The van der Waals surface area contributed by atoms with Crippen molar-refractivity contribution < 1.29 is 19.3 Å². The molecule has 0 aliphatic carbocycles. The molecule has 0 radical (unpaired) electrons. The summed E-state index contributed by atoms with van der Waals surface area (Å²) in [6.45, 7) is 2.87. The van der Waals surface area contributed by atoms with Gasteiger partial charge >= 0.3 is 0 Å². The van der Waals surface area contributed by atoms with E-state index in [4.69, 9.17) is 10.5 Å². The summed E-state index contributed by atoms with van der Waals surface area (Å²) in [5.41, 5.74) is 6.44. The minimum Gasteiger partial charge on any atom is -0.397 e. The van der Waals surface area contributed by atoms with Crippen LogP contribution in [0, 0.1) is 6.08 Å². The minimum atomic E-state index is -1.29. The lowest BCUT2D eigenvalue weighted by atomic mass is 10.1. The lowest BCUT2D eigenvalue weighted by Crippen LogP contribution is -2.32. The summed E-state index contributed by atoms with van der Waals surface area (Å²) in [4.78, 5) is 7.84. The molecule has 7 nitrogen and oxygen atoms in total. The Kier molecular flexibility index (Phi) is 4.42. The van der Waals surface area contributed by atoms with Crippen LogP contribution in [0.5, 0.6) is 0 Å². The first-order chi connectivity index (χ1) is 11.2. The number of hydrogen-bond donors (Lipinski definition) is 3. The zero-order valence-corrected chi connectivity index (χ0v) is 14.5. The molecule has 0 aromatic carbocycles. The minimum absolute atomic E-state index is 0.175. The fourth-order valence-electron chi connectivity index (χ4n) is 2.87. The van der Waals surface area contributed by atoms with Crippen LogP contribution < -0.4 is 5.73 Å². The lowest BCUT2D eigenvalue weighted by Gasteiger charge is -2.18. The van der Waals surface area contributed by atoms with Crippen molar-refractivity contribution in [3.8, 4) is 0 Å². The maximum absolute atomic E-state index is 14.3. The van der Waals surface area contributed by atoms with Crippen molar-refractivity contribution in [2.45, 2.75) is 31.0 Å². The Morgan fingerprint density at radius 1 is 1.42 bits per heavy atom. The highest BCUT2D eigenvalue weighted by atomic mass is 31.2. The molecule has 0 bridgehead atoms. The number of imidazole rings is 1. The number of pyridine rings is 1. The van der Waals surface area contributed by atoms with Gasteiger partial charge in [-0.15, -0.1) is 13.2 Å². The number of rotatable bonds is 4. The third kappa shape index (κ3) is 3.07. The van der Waals surface area contributed by atoms with E-state index in [1.165, 1.54) is 12.3 Å². The Labute approximate surface area is 139 Å². The smallest absolute Gasteiger partial charge is 0.293 e. The van der Waals surface area contributed by atoms with Crippen molar-refractivity contribution in [1.29, 1.82) is 0 Å². The van der Waals surface area contributed by atoms with Gasteiger partial charge in [-0.05, 0) is 32.0 Å². The number of fused-ring (bicyclic) bond motifs is 1. The topological polar surface area (TPSA) is 106 Å². The van der Waals surface area contributed by atoms with Crippen molar-refractivity contribution >= 4 is 30.0 Å². The van der Waals surface area contributed by atoms with Gasteiger partial charge < -0.3 is 20.7 Å². The highest BCUT2D eigenvalue weighted by molar-refractivity contribution is 7.72. The van der Waals surface area contributed by atoms with Gasteiger partial charge in [-0.1, -0.05) is 0 Å². The number of anilines is 1. The summed E-state index contributed by atoms with van der Waals surface area (Å²) >= 11 is 0. The molecule has 1 fully saturated rings. The largest absolute Gasteiger partial charge is 0.397 e. The van der Waals surface area contributed by atoms with Crippen LogP contribution in [0.15, 0.2) is 12.3 Å². The molecule has 132 valence electrons. The van der Waals surface area contributed by atoms with Crippen LogP contribution in [0.3, 0.4) is 0 Å². The van der Waals surface area contributed by atoms with Crippen molar-refractivity contribution in [1.82, 2.24) is 14.5 Å². The third-order valence-electron chi connectivity index (χ3n) is 4.18. The number of ether oxygens (including phenoxy) is 1. The third-order valence-corrected chi connectivity index (χ3v) is 5.65. The van der Waals surface area contributed by atoms with Crippen molar-refractivity contribution in [2.75, 3.05) is 25.2 Å². The predicted octanol–water partition coefficient (Wildman–Crippen LogP) is 0.871. The van der Waals surface area contributed by atoms with Gasteiger partial charge in [0.25, 0.3) is 6.08 Å². The number of aliphatic hydroxyl groups excluding tert-OH is 2. The average Bonchev–Trinajstić information content (AvgIpc) is 2.96. The van der Waals surface area contributed by atoms with E-state index in [9.17, 15) is 14.6 Å². The molecule has 1 aliphatic heterocycles.